The number of nitrogens with zero attached hydrogens (tertiary/aromatic N) is 2. The number of methoxy groups -OCH3 is 1. The highest BCUT2D eigenvalue weighted by Gasteiger charge is 2.55. The molecule has 2 aliphatic heterocycles. The molecule has 1 fully saturated rings. The summed E-state index contributed by atoms with van der Waals surface area (Å²) >= 11 is 0. The first-order chi connectivity index (χ1) is 15.8. The maximum Gasteiger partial charge on any atom is 0.213 e. The second-order valence-electron chi connectivity index (χ2n) is 8.97. The van der Waals surface area contributed by atoms with Crippen molar-refractivity contribution in [1.82, 2.24) is 14.2 Å². The Morgan fingerprint density at radius 1 is 1.21 bits per heavy atom. The first-order valence-electron chi connectivity index (χ1n) is 11.1. The molecule has 5 rings (SSSR count). The molecule has 9 heteroatoms. The molecule has 1 saturated heterocycles. The van der Waals surface area contributed by atoms with Crippen LogP contribution in [0.3, 0.4) is 0 Å². The molecule has 3 aromatic rings. The number of halogens is 1. The Morgan fingerprint density at radius 3 is 2.64 bits per heavy atom. The van der Waals surface area contributed by atoms with E-state index >= 15 is 0 Å². The molecule has 7 nitrogen and oxygen atoms in total. The van der Waals surface area contributed by atoms with Crippen LogP contribution in [0.25, 0.3) is 10.9 Å². The van der Waals surface area contributed by atoms with E-state index in [1.807, 2.05) is 18.2 Å². The van der Waals surface area contributed by atoms with Gasteiger partial charge in [-0.2, -0.15) is 4.31 Å². The molecular weight excluding hydrogens is 445 g/mol. The third-order valence-corrected chi connectivity index (χ3v) is 8.84. The van der Waals surface area contributed by atoms with E-state index in [1.165, 1.54) is 10.4 Å². The summed E-state index contributed by atoms with van der Waals surface area (Å²) in [5.41, 5.74) is 2.89. The van der Waals surface area contributed by atoms with Crippen LogP contribution in [0.4, 0.5) is 4.39 Å². The molecule has 176 valence electrons. The number of fused-ring (bicyclic) bond motifs is 4. The number of aromatic nitrogens is 1. The van der Waals surface area contributed by atoms with Gasteiger partial charge in [-0.1, -0.05) is 18.2 Å². The number of aromatic amines is 1. The van der Waals surface area contributed by atoms with Gasteiger partial charge in [0.05, 0.1) is 25.5 Å². The van der Waals surface area contributed by atoms with Gasteiger partial charge in [0.2, 0.25) is 10.0 Å². The summed E-state index contributed by atoms with van der Waals surface area (Å²) < 4.78 is 46.5. The van der Waals surface area contributed by atoms with Crippen LogP contribution in [0.5, 0.6) is 5.75 Å². The fourth-order valence-corrected chi connectivity index (χ4v) is 6.64. The molecular formula is C24H28FN3O4S. The summed E-state index contributed by atoms with van der Waals surface area (Å²) in [5.74, 6) is 0.473. The Hall–Kier alpha value is -2.46. The lowest BCUT2D eigenvalue weighted by molar-refractivity contribution is 0.0252. The van der Waals surface area contributed by atoms with Gasteiger partial charge >= 0.3 is 0 Å². The van der Waals surface area contributed by atoms with Crippen molar-refractivity contribution in [2.45, 2.75) is 24.9 Å². The van der Waals surface area contributed by atoms with Crippen LogP contribution < -0.4 is 4.74 Å². The quantitative estimate of drug-likeness (QED) is 0.575. The lowest BCUT2D eigenvalue weighted by atomic mass is 9.70. The number of rotatable bonds is 6. The standard InChI is InChI=1S/C24H28FN3O4S/c1-3-33(30,31)28-14-24(15-28)13-27(11-16-6-4-5-7-19(16)25)21(12-29)23-22(24)18-9-8-17(32-2)10-20(18)26-23/h4-10,21,26,29H,3,11-15H2,1-2H3/t21-/m1/s1. The maximum absolute atomic E-state index is 14.5. The fraction of sp³-hybridized carbons (Fsp3) is 0.417. The number of benzene rings is 2. The van der Waals surface area contributed by atoms with Crippen molar-refractivity contribution < 1.29 is 22.7 Å². The van der Waals surface area contributed by atoms with Crippen LogP contribution in [-0.2, 0) is 22.0 Å². The molecule has 1 atom stereocenters. The number of H-pyrrole nitrogens is 1. The molecule has 0 amide bonds. The van der Waals surface area contributed by atoms with Gasteiger partial charge in [-0.15, -0.1) is 0 Å². The van der Waals surface area contributed by atoms with E-state index in [0.29, 0.717) is 37.5 Å². The molecule has 1 spiro atoms. The average Bonchev–Trinajstić information content (AvgIpc) is 3.17. The zero-order valence-electron chi connectivity index (χ0n) is 18.7. The van der Waals surface area contributed by atoms with Gasteiger partial charge in [-0.3, -0.25) is 4.90 Å². The zero-order valence-corrected chi connectivity index (χ0v) is 19.5. The third-order valence-electron chi connectivity index (χ3n) is 7.07. The normalized spacial score (nSPS) is 20.7. The minimum atomic E-state index is -3.31. The highest BCUT2D eigenvalue weighted by Crippen LogP contribution is 2.49. The van der Waals surface area contributed by atoms with E-state index in [1.54, 1.807) is 32.2 Å². The molecule has 0 unspecified atom stereocenters. The van der Waals surface area contributed by atoms with E-state index in [2.05, 4.69) is 9.88 Å². The fourth-order valence-electron chi connectivity index (χ4n) is 5.39. The van der Waals surface area contributed by atoms with E-state index in [9.17, 15) is 17.9 Å². The Kier molecular flexibility index (Phi) is 5.48. The minimum absolute atomic E-state index is 0.0548. The molecule has 0 aliphatic carbocycles. The smallest absolute Gasteiger partial charge is 0.213 e. The van der Waals surface area contributed by atoms with Crippen molar-refractivity contribution in [1.29, 1.82) is 0 Å². The summed E-state index contributed by atoms with van der Waals surface area (Å²) in [6, 6.07) is 12.1. The monoisotopic (exact) mass is 473 g/mol. The molecule has 0 saturated carbocycles. The lowest BCUT2D eigenvalue weighted by Crippen LogP contribution is -2.67. The van der Waals surface area contributed by atoms with Crippen molar-refractivity contribution in [2.24, 2.45) is 0 Å². The van der Waals surface area contributed by atoms with E-state index in [0.717, 1.165) is 22.2 Å². The van der Waals surface area contributed by atoms with Crippen molar-refractivity contribution in [3.05, 3.63) is 65.1 Å². The second-order valence-corrected chi connectivity index (χ2v) is 11.2. The molecule has 0 radical (unpaired) electrons. The van der Waals surface area contributed by atoms with Gasteiger partial charge in [-0.05, 0) is 30.7 Å². The Labute approximate surface area is 192 Å². The Balaban J connectivity index is 1.62. The largest absolute Gasteiger partial charge is 0.497 e. The van der Waals surface area contributed by atoms with Gasteiger partial charge in [0.25, 0.3) is 0 Å². The number of ether oxygens (including phenoxy) is 1. The third kappa shape index (κ3) is 3.54. The maximum atomic E-state index is 14.5. The topological polar surface area (TPSA) is 85.9 Å². The van der Waals surface area contributed by atoms with Crippen molar-refractivity contribution >= 4 is 20.9 Å². The highest BCUT2D eigenvalue weighted by atomic mass is 32.2. The number of nitrogens with one attached hydrogen (secondary N) is 1. The van der Waals surface area contributed by atoms with Crippen LogP contribution in [0.15, 0.2) is 42.5 Å². The summed E-state index contributed by atoms with van der Waals surface area (Å²) in [6.45, 7) is 3.07. The number of aliphatic hydroxyl groups excluding tert-OH is 1. The first kappa shape index (κ1) is 22.3. The summed E-state index contributed by atoms with van der Waals surface area (Å²) in [5, 5.41) is 11.4. The molecule has 2 aromatic carbocycles. The summed E-state index contributed by atoms with van der Waals surface area (Å²) in [6.07, 6.45) is 0. The van der Waals surface area contributed by atoms with E-state index < -0.39 is 15.4 Å². The Bertz CT molecular complexity index is 1300. The minimum Gasteiger partial charge on any atom is -0.497 e. The highest BCUT2D eigenvalue weighted by molar-refractivity contribution is 7.89. The second kappa shape index (κ2) is 8.09. The van der Waals surface area contributed by atoms with Crippen molar-refractivity contribution in [3.8, 4) is 5.75 Å². The SMILES string of the molecule is CCS(=O)(=O)N1CC2(CN(Cc3ccccc3F)[C@H](CO)c3[nH]c4cc(OC)ccc4c32)C1. The van der Waals surface area contributed by atoms with Crippen molar-refractivity contribution in [3.63, 3.8) is 0 Å². The Morgan fingerprint density at radius 2 is 1.97 bits per heavy atom. The molecule has 3 heterocycles. The molecule has 2 N–H and O–H groups in total. The van der Waals surface area contributed by atoms with Crippen LogP contribution in [-0.4, -0.2) is 66.8 Å². The van der Waals surface area contributed by atoms with E-state index in [-0.39, 0.29) is 24.2 Å². The molecule has 33 heavy (non-hydrogen) atoms. The summed E-state index contributed by atoms with van der Waals surface area (Å²) in [7, 11) is -1.70. The van der Waals surface area contributed by atoms with E-state index in [4.69, 9.17) is 4.74 Å². The molecule has 0 bridgehead atoms. The average molecular weight is 474 g/mol. The predicted molar refractivity (Wildman–Crippen MR) is 124 cm³/mol. The summed E-state index contributed by atoms with van der Waals surface area (Å²) in [4.78, 5) is 5.53. The van der Waals surface area contributed by atoms with Crippen LogP contribution in [0.1, 0.15) is 29.8 Å². The number of hydrogen-bond donors (Lipinski definition) is 2. The van der Waals surface area contributed by atoms with Gasteiger partial charge < -0.3 is 14.8 Å². The number of aliphatic hydroxyl groups is 1. The van der Waals surface area contributed by atoms with Gasteiger partial charge in [0, 0.05) is 59.8 Å². The lowest BCUT2D eigenvalue weighted by Gasteiger charge is -2.55. The molecule has 2 aliphatic rings. The van der Waals surface area contributed by atoms with Crippen LogP contribution >= 0.6 is 0 Å². The van der Waals surface area contributed by atoms with Crippen LogP contribution in [0, 0.1) is 5.82 Å². The van der Waals surface area contributed by atoms with Crippen molar-refractivity contribution in [2.75, 3.05) is 39.1 Å². The van der Waals surface area contributed by atoms with Gasteiger partial charge in [-0.25, -0.2) is 12.8 Å². The molecule has 1 aromatic heterocycles. The van der Waals surface area contributed by atoms with Gasteiger partial charge in [0.15, 0.2) is 0 Å². The first-order valence-corrected chi connectivity index (χ1v) is 12.7. The zero-order chi connectivity index (χ0) is 23.4. The number of hydrogen-bond acceptors (Lipinski definition) is 5. The van der Waals surface area contributed by atoms with Gasteiger partial charge in [0.1, 0.15) is 11.6 Å². The van der Waals surface area contributed by atoms with Crippen LogP contribution in [0.2, 0.25) is 0 Å². The predicted octanol–water partition coefficient (Wildman–Crippen LogP) is 2.77. The number of sulfonamides is 1.